The molecule has 23 heavy (non-hydrogen) atoms. The maximum atomic E-state index is 13.7. The molecule has 1 saturated heterocycles. The number of carboxylic acid groups (broad SMARTS) is 1. The van der Waals surface area contributed by atoms with E-state index < -0.39 is 11.8 Å². The van der Waals surface area contributed by atoms with Crippen LogP contribution in [0.1, 0.15) is 18.4 Å². The monoisotopic (exact) mass is 355 g/mol. The number of benzene rings is 1. The quantitative estimate of drug-likeness (QED) is 0.625. The summed E-state index contributed by atoms with van der Waals surface area (Å²) in [6.07, 6.45) is 1.85. The van der Waals surface area contributed by atoms with Crippen LogP contribution < -0.4 is 4.74 Å². The first-order valence-electron chi connectivity index (χ1n) is 6.73. The van der Waals surface area contributed by atoms with E-state index >= 15 is 0 Å². The molecule has 1 fully saturated rings. The molecule has 0 bridgehead atoms. The van der Waals surface area contributed by atoms with Gasteiger partial charge in [-0.25, -0.2) is 4.39 Å². The van der Waals surface area contributed by atoms with Gasteiger partial charge in [0.2, 0.25) is 0 Å². The Morgan fingerprint density at radius 3 is 2.87 bits per heavy atom. The Morgan fingerprint density at radius 1 is 1.52 bits per heavy atom. The second-order valence-electron chi connectivity index (χ2n) is 4.72. The van der Waals surface area contributed by atoms with E-state index in [9.17, 15) is 14.0 Å². The first-order chi connectivity index (χ1) is 10.9. The molecule has 8 heteroatoms. The van der Waals surface area contributed by atoms with Crippen molar-refractivity contribution in [3.63, 3.8) is 0 Å². The Bertz CT molecular complexity index is 690. The molecule has 0 spiro atoms. The van der Waals surface area contributed by atoms with Crippen molar-refractivity contribution in [2.45, 2.75) is 12.8 Å². The number of thiocarbonyl (C=S) groups is 1. The van der Waals surface area contributed by atoms with Crippen molar-refractivity contribution in [2.75, 3.05) is 13.7 Å². The Morgan fingerprint density at radius 2 is 2.26 bits per heavy atom. The fourth-order valence-corrected chi connectivity index (χ4v) is 3.31. The highest BCUT2D eigenvalue weighted by atomic mass is 32.2. The molecular weight excluding hydrogens is 341 g/mol. The van der Waals surface area contributed by atoms with Gasteiger partial charge in [0.05, 0.1) is 12.0 Å². The molecule has 5 nitrogen and oxygen atoms in total. The average Bonchev–Trinajstić information content (AvgIpc) is 2.74. The minimum absolute atomic E-state index is 0.0280. The Labute approximate surface area is 142 Å². The van der Waals surface area contributed by atoms with Crippen LogP contribution in [-0.2, 0) is 9.59 Å². The molecule has 1 amide bonds. The number of amides is 1. The third-order valence-corrected chi connectivity index (χ3v) is 4.50. The zero-order valence-electron chi connectivity index (χ0n) is 12.2. The van der Waals surface area contributed by atoms with Gasteiger partial charge >= 0.3 is 5.97 Å². The molecule has 0 unspecified atom stereocenters. The van der Waals surface area contributed by atoms with Crippen molar-refractivity contribution in [2.24, 2.45) is 0 Å². The zero-order chi connectivity index (χ0) is 17.0. The van der Waals surface area contributed by atoms with Gasteiger partial charge in [-0.1, -0.05) is 30.0 Å². The van der Waals surface area contributed by atoms with E-state index in [1.54, 1.807) is 12.1 Å². The highest BCUT2D eigenvalue weighted by molar-refractivity contribution is 8.26. The predicted molar refractivity (Wildman–Crippen MR) is 89.7 cm³/mol. The molecular formula is C15H14FNO4S2. The summed E-state index contributed by atoms with van der Waals surface area (Å²) in [6, 6.07) is 4.39. The molecule has 0 atom stereocenters. The van der Waals surface area contributed by atoms with Gasteiger partial charge in [-0.3, -0.25) is 14.5 Å². The summed E-state index contributed by atoms with van der Waals surface area (Å²) in [5.41, 5.74) is 0.523. The molecule has 0 aliphatic carbocycles. The first-order valence-corrected chi connectivity index (χ1v) is 7.95. The molecule has 1 N–H and O–H groups in total. The molecule has 0 saturated carbocycles. The van der Waals surface area contributed by atoms with Crippen LogP contribution in [-0.4, -0.2) is 39.9 Å². The second-order valence-corrected chi connectivity index (χ2v) is 6.40. The number of rotatable bonds is 6. The van der Waals surface area contributed by atoms with Crippen molar-refractivity contribution < 1.29 is 23.8 Å². The summed E-state index contributed by atoms with van der Waals surface area (Å²) in [6.45, 7) is 0.255. The van der Waals surface area contributed by atoms with Crippen molar-refractivity contribution in [3.8, 4) is 5.75 Å². The summed E-state index contributed by atoms with van der Waals surface area (Å²) in [7, 11) is 1.38. The first kappa shape index (κ1) is 17.4. The largest absolute Gasteiger partial charge is 0.494 e. The lowest BCUT2D eigenvalue weighted by Crippen LogP contribution is -2.29. The van der Waals surface area contributed by atoms with Gasteiger partial charge in [-0.15, -0.1) is 0 Å². The van der Waals surface area contributed by atoms with Crippen molar-refractivity contribution >= 4 is 46.3 Å². The molecule has 0 aromatic heterocycles. The third kappa shape index (κ3) is 4.29. The molecule has 1 aromatic rings. The van der Waals surface area contributed by atoms with Gasteiger partial charge in [0.25, 0.3) is 5.91 Å². The maximum absolute atomic E-state index is 13.7. The van der Waals surface area contributed by atoms with E-state index in [0.29, 0.717) is 21.2 Å². The minimum atomic E-state index is -0.917. The smallest absolute Gasteiger partial charge is 0.303 e. The topological polar surface area (TPSA) is 66.8 Å². The highest BCUT2D eigenvalue weighted by Gasteiger charge is 2.31. The van der Waals surface area contributed by atoms with E-state index in [1.165, 1.54) is 24.1 Å². The van der Waals surface area contributed by atoms with Crippen molar-refractivity contribution in [1.29, 1.82) is 0 Å². The normalized spacial score (nSPS) is 16.3. The zero-order valence-corrected chi connectivity index (χ0v) is 13.9. The number of aliphatic carboxylic acids is 1. The van der Waals surface area contributed by atoms with Crippen LogP contribution in [0.25, 0.3) is 6.08 Å². The van der Waals surface area contributed by atoms with Crippen LogP contribution >= 0.6 is 24.0 Å². The lowest BCUT2D eigenvalue weighted by molar-refractivity contribution is -0.137. The van der Waals surface area contributed by atoms with Gasteiger partial charge in [-0.2, -0.15) is 0 Å². The van der Waals surface area contributed by atoms with Crippen LogP contribution in [0.3, 0.4) is 0 Å². The standard InChI is InChI=1S/C15H14FNO4S2/c1-21-11-5-4-9(7-10(11)16)8-12-14(20)17(15(22)23-12)6-2-3-13(18)19/h4-5,7-8H,2-3,6H2,1H3,(H,18,19)/b12-8-. The molecule has 2 rings (SSSR count). The summed E-state index contributed by atoms with van der Waals surface area (Å²) < 4.78 is 18.9. The molecule has 1 aliphatic heterocycles. The number of halogens is 1. The lowest BCUT2D eigenvalue weighted by atomic mass is 10.2. The third-order valence-electron chi connectivity index (χ3n) is 3.12. The second kappa shape index (κ2) is 7.56. The van der Waals surface area contributed by atoms with E-state index in [1.807, 2.05) is 0 Å². The number of carbonyl (C=O) groups excluding carboxylic acids is 1. The number of nitrogens with zero attached hydrogens (tertiary/aromatic N) is 1. The molecule has 1 aliphatic rings. The van der Waals surface area contributed by atoms with Crippen LogP contribution in [0.4, 0.5) is 4.39 Å². The molecule has 0 radical (unpaired) electrons. The molecule has 122 valence electrons. The molecule has 1 aromatic carbocycles. The average molecular weight is 355 g/mol. The number of carboxylic acids is 1. The summed E-state index contributed by atoms with van der Waals surface area (Å²) in [5, 5.41) is 8.64. The number of hydrogen-bond donors (Lipinski definition) is 1. The van der Waals surface area contributed by atoms with Gasteiger partial charge < -0.3 is 9.84 Å². The lowest BCUT2D eigenvalue weighted by Gasteiger charge is -2.13. The van der Waals surface area contributed by atoms with Crippen molar-refractivity contribution in [3.05, 3.63) is 34.5 Å². The number of ether oxygens (including phenoxy) is 1. The van der Waals surface area contributed by atoms with Crippen LogP contribution in [0.5, 0.6) is 5.75 Å². The number of carbonyl (C=O) groups is 2. The Kier molecular flexibility index (Phi) is 5.73. The van der Waals surface area contributed by atoms with Crippen LogP contribution in [0.2, 0.25) is 0 Å². The van der Waals surface area contributed by atoms with Crippen molar-refractivity contribution in [1.82, 2.24) is 4.90 Å². The van der Waals surface area contributed by atoms with E-state index in [2.05, 4.69) is 0 Å². The van der Waals surface area contributed by atoms with Crippen LogP contribution in [0, 0.1) is 5.82 Å². The van der Waals surface area contributed by atoms with Gasteiger partial charge in [0, 0.05) is 13.0 Å². The van der Waals surface area contributed by atoms with E-state index in [-0.39, 0.29) is 24.6 Å². The van der Waals surface area contributed by atoms with Crippen LogP contribution in [0.15, 0.2) is 23.1 Å². The fourth-order valence-electron chi connectivity index (χ4n) is 2.00. The fraction of sp³-hybridized carbons (Fsp3) is 0.267. The highest BCUT2D eigenvalue weighted by Crippen LogP contribution is 2.33. The minimum Gasteiger partial charge on any atom is -0.494 e. The SMILES string of the molecule is COc1ccc(/C=C2\SC(=S)N(CCCC(=O)O)C2=O)cc1F. The van der Waals surface area contributed by atoms with E-state index in [0.717, 1.165) is 11.8 Å². The van der Waals surface area contributed by atoms with E-state index in [4.69, 9.17) is 22.1 Å². The Hall–Kier alpha value is -1.93. The summed E-state index contributed by atoms with van der Waals surface area (Å²) >= 11 is 6.26. The maximum Gasteiger partial charge on any atom is 0.303 e. The van der Waals surface area contributed by atoms with Gasteiger partial charge in [0.15, 0.2) is 11.6 Å². The number of methoxy groups -OCH3 is 1. The Balaban J connectivity index is 2.11. The summed E-state index contributed by atoms with van der Waals surface area (Å²) in [5.74, 6) is -1.59. The number of hydrogen-bond acceptors (Lipinski definition) is 5. The molecule has 1 heterocycles. The predicted octanol–water partition coefficient (Wildman–Crippen LogP) is 2.90. The van der Waals surface area contributed by atoms with Gasteiger partial charge in [0.1, 0.15) is 4.32 Å². The van der Waals surface area contributed by atoms with Gasteiger partial charge in [-0.05, 0) is 30.2 Å². The summed E-state index contributed by atoms with van der Waals surface area (Å²) in [4.78, 5) is 24.6. The number of thioether (sulfide) groups is 1.